The molecule has 1 aromatic carbocycles. The summed E-state index contributed by atoms with van der Waals surface area (Å²) in [6.07, 6.45) is -4.55. The SMILES string of the molecule is Nc1cc(C(F)(F)F)ccc1SC[B-](F)(F)F. The minimum absolute atomic E-state index is 0.00259. The van der Waals surface area contributed by atoms with E-state index >= 15 is 0 Å². The summed E-state index contributed by atoms with van der Waals surface area (Å²) in [5, 5.41) is 0. The van der Waals surface area contributed by atoms with Crippen molar-refractivity contribution in [3.63, 3.8) is 0 Å². The van der Waals surface area contributed by atoms with Crippen molar-refractivity contribution >= 4 is 24.4 Å². The maximum atomic E-state index is 12.2. The van der Waals surface area contributed by atoms with Gasteiger partial charge in [0, 0.05) is 10.6 Å². The summed E-state index contributed by atoms with van der Waals surface area (Å²) < 4.78 is 72.6. The molecule has 0 aliphatic rings. The molecule has 0 spiro atoms. The summed E-state index contributed by atoms with van der Waals surface area (Å²) in [5.41, 5.74) is 2.86. The number of rotatable bonds is 3. The van der Waals surface area contributed by atoms with Crippen molar-refractivity contribution in [1.82, 2.24) is 0 Å². The van der Waals surface area contributed by atoms with Gasteiger partial charge in [-0.15, -0.1) is 0 Å². The first-order valence-electron chi connectivity index (χ1n) is 4.40. The Labute approximate surface area is 97.4 Å². The highest BCUT2D eigenvalue weighted by atomic mass is 32.2. The lowest BCUT2D eigenvalue weighted by Gasteiger charge is -2.15. The van der Waals surface area contributed by atoms with Gasteiger partial charge >= 0.3 is 13.2 Å². The van der Waals surface area contributed by atoms with Gasteiger partial charge < -0.3 is 18.7 Å². The average molecular weight is 274 g/mol. The van der Waals surface area contributed by atoms with Crippen LogP contribution in [0.25, 0.3) is 0 Å². The first-order valence-corrected chi connectivity index (χ1v) is 5.38. The van der Waals surface area contributed by atoms with Crippen LogP contribution in [0, 0.1) is 0 Å². The monoisotopic (exact) mass is 274 g/mol. The number of hydrogen-bond acceptors (Lipinski definition) is 2. The Kier molecular flexibility index (Phi) is 3.90. The lowest BCUT2D eigenvalue weighted by atomic mass is 9.98. The van der Waals surface area contributed by atoms with Crippen LogP contribution in [0.1, 0.15) is 5.56 Å². The molecule has 0 bridgehead atoms. The second-order valence-corrected chi connectivity index (χ2v) is 4.33. The van der Waals surface area contributed by atoms with Crippen LogP contribution in [-0.2, 0) is 6.18 Å². The molecule has 0 amide bonds. The fourth-order valence-electron chi connectivity index (χ4n) is 1.04. The van der Waals surface area contributed by atoms with Gasteiger partial charge in [0.05, 0.1) is 5.56 Å². The lowest BCUT2D eigenvalue weighted by molar-refractivity contribution is -0.137. The van der Waals surface area contributed by atoms with Crippen LogP contribution < -0.4 is 5.73 Å². The van der Waals surface area contributed by atoms with E-state index in [-0.39, 0.29) is 10.6 Å². The summed E-state index contributed by atoms with van der Waals surface area (Å²) in [4.78, 5) is -0.00259. The van der Waals surface area contributed by atoms with Gasteiger partial charge in [-0.25, -0.2) is 0 Å². The Morgan fingerprint density at radius 2 is 1.76 bits per heavy atom. The van der Waals surface area contributed by atoms with E-state index in [1.807, 2.05) is 0 Å². The first-order chi connectivity index (χ1) is 7.59. The second-order valence-electron chi connectivity index (χ2n) is 3.27. The number of anilines is 1. The molecule has 0 aliphatic carbocycles. The summed E-state index contributed by atoms with van der Waals surface area (Å²) in [7, 11) is 0. The van der Waals surface area contributed by atoms with E-state index in [9.17, 15) is 26.1 Å². The molecule has 0 fully saturated rings. The smallest absolute Gasteiger partial charge is 0.448 e. The lowest BCUT2D eigenvalue weighted by Crippen LogP contribution is -2.19. The molecule has 0 heterocycles. The van der Waals surface area contributed by atoms with Crippen molar-refractivity contribution < 1.29 is 26.1 Å². The number of thioether (sulfide) groups is 1. The number of nitrogens with two attached hydrogens (primary N) is 1. The van der Waals surface area contributed by atoms with Crippen LogP contribution in [-0.4, -0.2) is 12.6 Å². The number of hydrogen-bond donors (Lipinski definition) is 1. The zero-order valence-corrected chi connectivity index (χ0v) is 9.09. The zero-order valence-electron chi connectivity index (χ0n) is 8.27. The third kappa shape index (κ3) is 4.41. The van der Waals surface area contributed by atoms with Gasteiger partial charge in [-0.05, 0) is 23.9 Å². The van der Waals surface area contributed by atoms with Crippen LogP contribution >= 0.6 is 11.8 Å². The highest BCUT2D eigenvalue weighted by molar-refractivity contribution is 8.00. The Morgan fingerprint density at radius 1 is 1.18 bits per heavy atom. The predicted molar refractivity (Wildman–Crippen MR) is 55.7 cm³/mol. The maximum Gasteiger partial charge on any atom is 0.488 e. The summed E-state index contributed by atoms with van der Waals surface area (Å²) in [6.45, 7) is -4.99. The third-order valence-electron chi connectivity index (χ3n) is 1.76. The van der Waals surface area contributed by atoms with Gasteiger partial charge in [-0.3, -0.25) is 0 Å². The molecule has 17 heavy (non-hydrogen) atoms. The van der Waals surface area contributed by atoms with Gasteiger partial charge in [0.2, 0.25) is 0 Å². The van der Waals surface area contributed by atoms with Gasteiger partial charge in [-0.2, -0.15) is 24.9 Å². The quantitative estimate of drug-likeness (QED) is 0.393. The van der Waals surface area contributed by atoms with E-state index in [0.29, 0.717) is 23.9 Å². The molecule has 0 aromatic heterocycles. The molecule has 0 saturated heterocycles. The minimum Gasteiger partial charge on any atom is -0.448 e. The third-order valence-corrected chi connectivity index (χ3v) is 2.99. The Hall–Kier alpha value is -0.985. The second kappa shape index (κ2) is 4.71. The zero-order chi connectivity index (χ0) is 13.3. The normalized spacial score (nSPS) is 12.8. The van der Waals surface area contributed by atoms with Gasteiger partial charge in [-0.1, -0.05) is 0 Å². The van der Waals surface area contributed by atoms with E-state index in [1.54, 1.807) is 0 Å². The number of halogens is 6. The van der Waals surface area contributed by atoms with E-state index in [4.69, 9.17) is 5.73 Å². The van der Waals surface area contributed by atoms with Crippen LogP contribution in [0.3, 0.4) is 0 Å². The van der Waals surface area contributed by atoms with E-state index in [1.165, 1.54) is 0 Å². The van der Waals surface area contributed by atoms with Crippen LogP contribution in [0.15, 0.2) is 23.1 Å². The predicted octanol–water partition coefficient (Wildman–Crippen LogP) is 3.77. The number of benzene rings is 1. The van der Waals surface area contributed by atoms with Crippen molar-refractivity contribution in [3.8, 4) is 0 Å². The van der Waals surface area contributed by atoms with E-state index < -0.39 is 24.4 Å². The van der Waals surface area contributed by atoms with Crippen molar-refractivity contribution in [2.75, 3.05) is 11.4 Å². The Morgan fingerprint density at radius 3 is 2.18 bits per heavy atom. The molecule has 0 atom stereocenters. The summed E-state index contributed by atoms with van der Waals surface area (Å²) in [6, 6.07) is 2.29. The van der Waals surface area contributed by atoms with Crippen molar-refractivity contribution in [3.05, 3.63) is 23.8 Å². The summed E-state index contributed by atoms with van der Waals surface area (Å²) in [5.74, 6) is 0. The van der Waals surface area contributed by atoms with Crippen molar-refractivity contribution in [1.29, 1.82) is 0 Å². The molecule has 2 N–H and O–H groups in total. The molecule has 1 rings (SSSR count). The number of alkyl halides is 3. The summed E-state index contributed by atoms with van der Waals surface area (Å²) >= 11 is 0.384. The standard InChI is InChI=1S/C8H7BF6NS/c10-8(11,12)5-1-2-7(6(16)3-5)17-4-9(13,14)15/h1-3H,4,16H2/q-1. The van der Waals surface area contributed by atoms with Crippen LogP contribution in [0.4, 0.5) is 31.8 Å². The van der Waals surface area contributed by atoms with E-state index in [2.05, 4.69) is 0 Å². The van der Waals surface area contributed by atoms with Crippen molar-refractivity contribution in [2.24, 2.45) is 0 Å². The van der Waals surface area contributed by atoms with Crippen LogP contribution in [0.2, 0.25) is 0 Å². The fourth-order valence-corrected chi connectivity index (χ4v) is 1.80. The van der Waals surface area contributed by atoms with Gasteiger partial charge in [0.1, 0.15) is 0 Å². The van der Waals surface area contributed by atoms with Gasteiger partial charge in [0.15, 0.2) is 0 Å². The maximum absolute atomic E-state index is 12.2. The highest BCUT2D eigenvalue weighted by Crippen LogP contribution is 2.35. The molecule has 0 aliphatic heterocycles. The fraction of sp³-hybridized carbons (Fsp3) is 0.250. The van der Waals surface area contributed by atoms with Crippen LogP contribution in [0.5, 0.6) is 0 Å². The highest BCUT2D eigenvalue weighted by Gasteiger charge is 2.31. The first kappa shape index (κ1) is 14.1. The Bertz CT molecular complexity index is 402. The Balaban J connectivity index is 2.84. The van der Waals surface area contributed by atoms with Gasteiger partial charge in [0.25, 0.3) is 0 Å². The molecule has 0 unspecified atom stereocenters. The minimum atomic E-state index is -4.99. The largest absolute Gasteiger partial charge is 0.488 e. The van der Waals surface area contributed by atoms with Crippen molar-refractivity contribution in [2.45, 2.75) is 11.1 Å². The van der Waals surface area contributed by atoms with E-state index in [0.717, 1.165) is 6.07 Å². The molecule has 1 nitrogen and oxygen atoms in total. The number of nitrogen functional groups attached to an aromatic ring is 1. The topological polar surface area (TPSA) is 26.0 Å². The molecular weight excluding hydrogens is 267 g/mol. The molecule has 9 heteroatoms. The molecule has 1 aromatic rings. The molecule has 0 saturated carbocycles. The molecule has 0 radical (unpaired) electrons. The molecular formula is C8H7BF6NS-. The average Bonchev–Trinajstić information content (AvgIpc) is 2.12. The molecule has 96 valence electrons.